The van der Waals surface area contributed by atoms with Crippen molar-refractivity contribution in [3.63, 3.8) is 0 Å². The molecule has 2 rings (SSSR count). The van der Waals surface area contributed by atoms with Gasteiger partial charge in [-0.15, -0.1) is 0 Å². The Morgan fingerprint density at radius 1 is 1.18 bits per heavy atom. The first kappa shape index (κ1) is 16.6. The first-order valence-corrected chi connectivity index (χ1v) is 8.61. The Balaban J connectivity index is 2.16. The second kappa shape index (κ2) is 7.49. The van der Waals surface area contributed by atoms with Crippen LogP contribution >= 0.6 is 0 Å². The predicted molar refractivity (Wildman–Crippen MR) is 85.8 cm³/mol. The monoisotopic (exact) mass is 320 g/mol. The van der Waals surface area contributed by atoms with Gasteiger partial charge >= 0.3 is 0 Å². The number of ether oxygens (including phenoxy) is 1. The van der Waals surface area contributed by atoms with Gasteiger partial charge in [0.25, 0.3) is 0 Å². The number of methoxy groups -OCH3 is 1. The fraction of sp³-hybridized carbons (Fsp3) is 0.312. The molecule has 1 heterocycles. The molecular formula is C16H20N2O3S. The summed E-state index contributed by atoms with van der Waals surface area (Å²) in [4.78, 5) is 4.20. The van der Waals surface area contributed by atoms with E-state index in [2.05, 4.69) is 9.71 Å². The van der Waals surface area contributed by atoms with Gasteiger partial charge in [-0.1, -0.05) is 30.3 Å². The Morgan fingerprint density at radius 2 is 1.91 bits per heavy atom. The molecule has 6 heteroatoms. The molecule has 0 aliphatic carbocycles. The van der Waals surface area contributed by atoms with Crippen LogP contribution in [0, 0.1) is 6.92 Å². The third-order valence-electron chi connectivity index (χ3n) is 3.31. The molecule has 22 heavy (non-hydrogen) atoms. The van der Waals surface area contributed by atoms with E-state index in [1.54, 1.807) is 18.3 Å². The van der Waals surface area contributed by atoms with Crippen LogP contribution in [0.25, 0.3) is 0 Å². The van der Waals surface area contributed by atoms with Crippen molar-refractivity contribution in [2.24, 2.45) is 0 Å². The van der Waals surface area contributed by atoms with Gasteiger partial charge < -0.3 is 4.74 Å². The number of nitrogens with one attached hydrogen (secondary N) is 1. The Labute approximate surface area is 131 Å². The first-order chi connectivity index (χ1) is 10.5. The zero-order valence-corrected chi connectivity index (χ0v) is 13.5. The van der Waals surface area contributed by atoms with E-state index in [9.17, 15) is 8.42 Å². The summed E-state index contributed by atoms with van der Waals surface area (Å²) in [5.41, 5.74) is 2.37. The summed E-state index contributed by atoms with van der Waals surface area (Å²) in [5, 5.41) is 0. The van der Waals surface area contributed by atoms with Crippen LogP contribution in [0.1, 0.15) is 22.9 Å². The van der Waals surface area contributed by atoms with Crippen molar-refractivity contribution in [3.05, 3.63) is 65.5 Å². The largest absolute Gasteiger partial charge is 0.383 e. The predicted octanol–water partition coefficient (Wildman–Crippen LogP) is 2.20. The van der Waals surface area contributed by atoms with Crippen LogP contribution in [-0.2, 0) is 20.5 Å². The van der Waals surface area contributed by atoms with E-state index < -0.39 is 16.1 Å². The average Bonchev–Trinajstić information content (AvgIpc) is 2.50. The molecule has 1 atom stereocenters. The molecule has 118 valence electrons. The van der Waals surface area contributed by atoms with Crippen molar-refractivity contribution in [2.75, 3.05) is 13.7 Å². The molecule has 0 saturated heterocycles. The third-order valence-corrected chi connectivity index (χ3v) is 4.64. The minimum absolute atomic E-state index is 0.0628. The summed E-state index contributed by atoms with van der Waals surface area (Å²) in [5.74, 6) is -0.0628. The van der Waals surface area contributed by atoms with Crippen LogP contribution in [0.2, 0.25) is 0 Å². The number of hydrogen-bond donors (Lipinski definition) is 1. The first-order valence-electron chi connectivity index (χ1n) is 6.96. The normalized spacial score (nSPS) is 13.0. The molecule has 0 bridgehead atoms. The highest BCUT2D eigenvalue weighted by Crippen LogP contribution is 2.15. The van der Waals surface area contributed by atoms with Crippen molar-refractivity contribution in [2.45, 2.75) is 18.7 Å². The number of pyridine rings is 1. The van der Waals surface area contributed by atoms with Crippen LogP contribution in [0.15, 0.2) is 48.7 Å². The van der Waals surface area contributed by atoms with E-state index in [0.717, 1.165) is 11.1 Å². The van der Waals surface area contributed by atoms with Gasteiger partial charge in [0.1, 0.15) is 0 Å². The van der Waals surface area contributed by atoms with E-state index in [4.69, 9.17) is 4.74 Å². The van der Waals surface area contributed by atoms with Crippen molar-refractivity contribution < 1.29 is 13.2 Å². The lowest BCUT2D eigenvalue weighted by Crippen LogP contribution is -2.33. The zero-order valence-electron chi connectivity index (χ0n) is 12.7. The summed E-state index contributed by atoms with van der Waals surface area (Å²) in [6.45, 7) is 2.13. The second-order valence-corrected chi connectivity index (χ2v) is 6.82. The van der Waals surface area contributed by atoms with Gasteiger partial charge in [0.15, 0.2) is 0 Å². The molecule has 0 unspecified atom stereocenters. The highest BCUT2D eigenvalue weighted by atomic mass is 32.2. The van der Waals surface area contributed by atoms with E-state index >= 15 is 0 Å². The Bertz CT molecular complexity index is 702. The van der Waals surface area contributed by atoms with Gasteiger partial charge in [-0.3, -0.25) is 4.98 Å². The smallest absolute Gasteiger partial charge is 0.216 e. The number of hydrogen-bond acceptors (Lipinski definition) is 4. The lowest BCUT2D eigenvalue weighted by molar-refractivity contribution is 0.174. The molecular weight excluding hydrogens is 300 g/mol. The van der Waals surface area contributed by atoms with Gasteiger partial charge in [-0.2, -0.15) is 0 Å². The lowest BCUT2D eigenvalue weighted by Gasteiger charge is -2.18. The average molecular weight is 320 g/mol. The maximum atomic E-state index is 12.4. The topological polar surface area (TPSA) is 68.3 Å². The van der Waals surface area contributed by atoms with Crippen LogP contribution < -0.4 is 4.72 Å². The van der Waals surface area contributed by atoms with E-state index in [0.29, 0.717) is 5.69 Å². The molecule has 0 saturated carbocycles. The second-order valence-electron chi connectivity index (χ2n) is 5.07. The molecule has 0 aliphatic heterocycles. The van der Waals surface area contributed by atoms with Crippen LogP contribution in [0.5, 0.6) is 0 Å². The van der Waals surface area contributed by atoms with Gasteiger partial charge in [-0.05, 0) is 30.2 Å². The molecule has 1 aromatic heterocycles. The summed E-state index contributed by atoms with van der Waals surface area (Å²) in [6.07, 6.45) is 1.63. The number of sulfonamides is 1. The summed E-state index contributed by atoms with van der Waals surface area (Å²) in [6, 6.07) is 12.3. The van der Waals surface area contributed by atoms with Crippen LogP contribution in [0.3, 0.4) is 0 Å². The highest BCUT2D eigenvalue weighted by Gasteiger charge is 2.21. The van der Waals surface area contributed by atoms with E-state index in [-0.39, 0.29) is 12.4 Å². The molecule has 1 N–H and O–H groups in total. The molecule has 5 nitrogen and oxygen atoms in total. The zero-order chi connectivity index (χ0) is 16.0. The quantitative estimate of drug-likeness (QED) is 0.849. The van der Waals surface area contributed by atoms with Crippen molar-refractivity contribution in [3.8, 4) is 0 Å². The molecule has 1 aromatic carbocycles. The summed E-state index contributed by atoms with van der Waals surface area (Å²) < 4.78 is 32.6. The molecule has 0 spiro atoms. The molecule has 0 amide bonds. The molecule has 2 aromatic rings. The molecule has 0 aliphatic rings. The van der Waals surface area contributed by atoms with Gasteiger partial charge in [0.05, 0.1) is 24.1 Å². The van der Waals surface area contributed by atoms with Crippen LogP contribution in [0.4, 0.5) is 0 Å². The summed E-state index contributed by atoms with van der Waals surface area (Å²) in [7, 11) is -1.96. The number of aromatic nitrogens is 1. The van der Waals surface area contributed by atoms with Crippen molar-refractivity contribution in [1.29, 1.82) is 0 Å². The van der Waals surface area contributed by atoms with Gasteiger partial charge in [-0.25, -0.2) is 13.1 Å². The maximum absolute atomic E-state index is 12.4. The minimum Gasteiger partial charge on any atom is -0.383 e. The lowest BCUT2D eigenvalue weighted by atomic mass is 10.1. The van der Waals surface area contributed by atoms with E-state index in [1.807, 2.05) is 37.3 Å². The number of benzene rings is 1. The van der Waals surface area contributed by atoms with Gasteiger partial charge in [0, 0.05) is 13.3 Å². The number of rotatable bonds is 7. The minimum atomic E-state index is -3.50. The van der Waals surface area contributed by atoms with Gasteiger partial charge in [0.2, 0.25) is 10.0 Å². The molecule has 0 fully saturated rings. The van der Waals surface area contributed by atoms with E-state index in [1.165, 1.54) is 7.11 Å². The third kappa shape index (κ3) is 4.62. The number of nitrogens with zero attached hydrogens (tertiary/aromatic N) is 1. The standard InChI is InChI=1S/C16H20N2O3S/c1-13-7-3-4-8-14(13)12-22(19,20)18-16(11-21-2)15-9-5-6-10-17-15/h3-10,16,18H,11-12H2,1-2H3/t16-/m0/s1. The fourth-order valence-electron chi connectivity index (χ4n) is 2.16. The maximum Gasteiger partial charge on any atom is 0.216 e. The molecule has 0 radical (unpaired) electrons. The summed E-state index contributed by atoms with van der Waals surface area (Å²) >= 11 is 0. The fourth-order valence-corrected chi connectivity index (χ4v) is 3.60. The number of aryl methyl sites for hydroxylation is 1. The highest BCUT2D eigenvalue weighted by molar-refractivity contribution is 7.88. The Kier molecular flexibility index (Phi) is 5.65. The SMILES string of the molecule is COC[C@H](NS(=O)(=O)Cc1ccccc1C)c1ccccn1. The van der Waals surface area contributed by atoms with Crippen molar-refractivity contribution >= 4 is 10.0 Å². The van der Waals surface area contributed by atoms with Crippen molar-refractivity contribution in [1.82, 2.24) is 9.71 Å². The van der Waals surface area contributed by atoms with Crippen LogP contribution in [-0.4, -0.2) is 27.1 Å². The Morgan fingerprint density at radius 3 is 2.55 bits per heavy atom. The Hall–Kier alpha value is -1.76.